The van der Waals surface area contributed by atoms with Crippen LogP contribution in [0.5, 0.6) is 0 Å². The highest BCUT2D eigenvalue weighted by molar-refractivity contribution is 5.66. The number of carbonyl (C=O) groups is 1. The van der Waals surface area contributed by atoms with Gasteiger partial charge in [-0.25, -0.2) is 0 Å². The third-order valence-electron chi connectivity index (χ3n) is 3.12. The van der Waals surface area contributed by atoms with Gasteiger partial charge in [-0.05, 0) is 25.7 Å². The minimum Gasteiger partial charge on any atom is -0.481 e. The molecule has 0 spiro atoms. The van der Waals surface area contributed by atoms with Crippen molar-refractivity contribution in [3.05, 3.63) is 24.2 Å². The van der Waals surface area contributed by atoms with Crippen LogP contribution in [0.15, 0.2) is 24.2 Å². The molecule has 3 nitrogen and oxygen atoms in total. The second kappa shape index (κ2) is 15.3. The van der Waals surface area contributed by atoms with Crippen LogP contribution >= 0.6 is 0 Å². The Kier molecular flexibility index (Phi) is 9.88. The highest BCUT2D eigenvalue weighted by atomic mass is 16.4. The van der Waals surface area contributed by atoms with Crippen LogP contribution in [0.3, 0.4) is 0 Å². The summed E-state index contributed by atoms with van der Waals surface area (Å²) in [6.07, 6.45) is 6.21. The molecule has 21 heavy (non-hydrogen) atoms. The van der Waals surface area contributed by atoms with E-state index in [9.17, 15) is 9.90 Å². The van der Waals surface area contributed by atoms with Crippen molar-refractivity contribution in [2.75, 3.05) is 0 Å². The molecule has 0 saturated heterocycles. The van der Waals surface area contributed by atoms with Gasteiger partial charge < -0.3 is 10.2 Å². The van der Waals surface area contributed by atoms with Crippen LogP contribution in [0.25, 0.3) is 0 Å². The number of hydrogen-bond acceptors (Lipinski definition) is 2. The van der Waals surface area contributed by atoms with Gasteiger partial charge in [-0.15, -0.1) is 0 Å². The van der Waals surface area contributed by atoms with Crippen molar-refractivity contribution >= 4 is 5.97 Å². The average Bonchev–Trinajstić information content (AvgIpc) is 2.53. The smallest absolute Gasteiger partial charge is 0.303 e. The van der Waals surface area contributed by atoms with E-state index in [2.05, 4.69) is 6.92 Å². The number of allylic oxidation sites excluding steroid dienone is 3. The molecule has 122 valence electrons. The molecule has 0 unspecified atom stereocenters. The minimum absolute atomic E-state index is 0.0950. The van der Waals surface area contributed by atoms with Gasteiger partial charge in [0, 0.05) is 6.42 Å². The van der Waals surface area contributed by atoms with Crippen LogP contribution in [0.4, 0.5) is 0 Å². The molecule has 0 heterocycles. The van der Waals surface area contributed by atoms with Gasteiger partial charge in [-0.3, -0.25) is 4.79 Å². The van der Waals surface area contributed by atoms with Crippen molar-refractivity contribution in [3.8, 4) is 0 Å². The number of carboxylic acid groups (broad SMARTS) is 1. The van der Waals surface area contributed by atoms with Crippen LogP contribution < -0.4 is 0 Å². The van der Waals surface area contributed by atoms with Gasteiger partial charge in [0.25, 0.3) is 0 Å². The van der Waals surface area contributed by atoms with E-state index in [1.54, 1.807) is 0 Å². The lowest BCUT2D eigenvalue weighted by molar-refractivity contribution is -0.137. The van der Waals surface area contributed by atoms with E-state index in [1.807, 2.05) is 0 Å². The summed E-state index contributed by atoms with van der Waals surface area (Å²) in [5, 5.41) is 18.6. The quantitative estimate of drug-likeness (QED) is 0.356. The average molecular weight is 300 g/mol. The zero-order valence-corrected chi connectivity index (χ0v) is 13.2. The van der Waals surface area contributed by atoms with E-state index in [0.717, 1.165) is 44.6 Å². The van der Waals surface area contributed by atoms with E-state index in [-0.39, 0.29) is 31.0 Å². The summed E-state index contributed by atoms with van der Waals surface area (Å²) < 4.78 is 31.3. The SMILES string of the molecule is [2H]C(=CC([2H])=C([2H])CCCCC)[C@@]([2H])(O)CCCCCCCC(=O)O. The van der Waals surface area contributed by atoms with Crippen LogP contribution in [0, 0.1) is 0 Å². The van der Waals surface area contributed by atoms with Crippen molar-refractivity contribution < 1.29 is 20.5 Å². The molecule has 0 aliphatic rings. The number of aliphatic hydroxyl groups is 1. The maximum absolute atomic E-state index is 10.4. The predicted molar refractivity (Wildman–Crippen MR) is 88.4 cm³/mol. The third-order valence-corrected chi connectivity index (χ3v) is 3.12. The number of aliphatic carboxylic acids is 1. The fourth-order valence-electron chi connectivity index (χ4n) is 1.88. The molecule has 0 amide bonds. The molecular formula is C18H32O3. The topological polar surface area (TPSA) is 57.5 Å². The summed E-state index contributed by atoms with van der Waals surface area (Å²) in [6, 6.07) is -0.337. The fraction of sp³-hybridized carbons (Fsp3) is 0.722. The summed E-state index contributed by atoms with van der Waals surface area (Å²) in [7, 11) is 0. The van der Waals surface area contributed by atoms with E-state index in [4.69, 9.17) is 10.6 Å². The van der Waals surface area contributed by atoms with Crippen molar-refractivity contribution in [3.63, 3.8) is 0 Å². The zero-order valence-electron chi connectivity index (χ0n) is 17.2. The Hall–Kier alpha value is -1.09. The van der Waals surface area contributed by atoms with Crippen molar-refractivity contribution in [2.24, 2.45) is 0 Å². The maximum atomic E-state index is 10.4. The molecule has 0 aromatic rings. The molecule has 0 aliphatic heterocycles. The molecule has 0 radical (unpaired) electrons. The van der Waals surface area contributed by atoms with Crippen LogP contribution in [0.2, 0.25) is 0 Å². The number of hydrogen-bond donors (Lipinski definition) is 2. The zero-order chi connectivity index (χ0) is 19.3. The van der Waals surface area contributed by atoms with Crippen LogP contribution in [0.1, 0.15) is 83.0 Å². The normalized spacial score (nSPS) is 18.9. The summed E-state index contributed by atoms with van der Waals surface area (Å²) in [4.78, 5) is 10.4. The first kappa shape index (κ1) is 13.6. The van der Waals surface area contributed by atoms with Gasteiger partial charge in [0.2, 0.25) is 0 Å². The van der Waals surface area contributed by atoms with Gasteiger partial charge in [0.05, 0.1) is 11.6 Å². The molecule has 1 atom stereocenters. The van der Waals surface area contributed by atoms with Crippen molar-refractivity contribution in [1.82, 2.24) is 0 Å². The first-order valence-corrected chi connectivity index (χ1v) is 8.00. The summed E-state index contributed by atoms with van der Waals surface area (Å²) >= 11 is 0. The lowest BCUT2D eigenvalue weighted by Crippen LogP contribution is -2.01. The Balaban J connectivity index is 4.30. The molecule has 0 fully saturated rings. The van der Waals surface area contributed by atoms with Gasteiger partial charge in [0.1, 0.15) is 0 Å². The first-order valence-electron chi connectivity index (χ1n) is 10.00. The Bertz CT molecular complexity index is 459. The standard InChI is InChI=1S/C18H32O3/c1-2-3-4-5-6-8-11-14-17(19)15-12-9-7-10-13-16-18(20)21/h6,8,11,14,17,19H,2-5,7,9-10,12-13,15-16H2,1H3,(H,20,21)/t17-/m1/s1/i6D,8D,14D,17D. The van der Waals surface area contributed by atoms with Gasteiger partial charge in [-0.2, -0.15) is 0 Å². The highest BCUT2D eigenvalue weighted by Crippen LogP contribution is 2.09. The van der Waals surface area contributed by atoms with E-state index < -0.39 is 12.0 Å². The Labute approximate surface area is 135 Å². The van der Waals surface area contributed by atoms with E-state index in [0.29, 0.717) is 19.3 Å². The molecule has 0 saturated carbocycles. The second-order valence-electron chi connectivity index (χ2n) is 5.18. The molecule has 0 rings (SSSR count). The molecule has 2 N–H and O–H groups in total. The lowest BCUT2D eigenvalue weighted by Gasteiger charge is -2.04. The third kappa shape index (κ3) is 16.9. The van der Waals surface area contributed by atoms with Gasteiger partial charge in [0.15, 0.2) is 0 Å². The first-order chi connectivity index (χ1) is 11.7. The second-order valence-corrected chi connectivity index (χ2v) is 5.18. The predicted octanol–water partition coefficient (Wildman–Crippen LogP) is 4.86. The molecule has 0 aromatic heterocycles. The summed E-state index contributed by atoms with van der Waals surface area (Å²) in [5.74, 6) is -0.799. The molecule has 3 heteroatoms. The monoisotopic (exact) mass is 300 g/mol. The molecule has 0 aromatic carbocycles. The van der Waals surface area contributed by atoms with Gasteiger partial charge in [-0.1, -0.05) is 69.7 Å². The highest BCUT2D eigenvalue weighted by Gasteiger charge is 1.99. The lowest BCUT2D eigenvalue weighted by atomic mass is 10.1. The van der Waals surface area contributed by atoms with Crippen molar-refractivity contribution in [2.45, 2.75) is 83.6 Å². The molecule has 0 aliphatic carbocycles. The Morgan fingerprint density at radius 1 is 1.19 bits per heavy atom. The Morgan fingerprint density at radius 3 is 2.62 bits per heavy atom. The maximum Gasteiger partial charge on any atom is 0.303 e. The van der Waals surface area contributed by atoms with E-state index in [1.165, 1.54) is 0 Å². The number of unbranched alkanes of at least 4 members (excludes halogenated alkanes) is 6. The number of rotatable bonds is 14. The minimum atomic E-state index is -2.04. The van der Waals surface area contributed by atoms with E-state index >= 15 is 0 Å². The molecular weight excluding hydrogens is 264 g/mol. The Morgan fingerprint density at radius 2 is 1.90 bits per heavy atom. The van der Waals surface area contributed by atoms with Crippen molar-refractivity contribution in [1.29, 1.82) is 0 Å². The number of carboxylic acids is 1. The summed E-state index contributed by atoms with van der Waals surface area (Å²) in [5.41, 5.74) is 0. The van der Waals surface area contributed by atoms with Gasteiger partial charge >= 0.3 is 5.97 Å². The fourth-order valence-corrected chi connectivity index (χ4v) is 1.88. The van der Waals surface area contributed by atoms with Crippen LogP contribution in [-0.4, -0.2) is 22.3 Å². The summed E-state index contributed by atoms with van der Waals surface area (Å²) in [6.45, 7) is 2.06. The molecule has 0 bridgehead atoms. The largest absolute Gasteiger partial charge is 0.481 e. The van der Waals surface area contributed by atoms with Crippen LogP contribution in [-0.2, 0) is 4.79 Å².